The molecular formula is C19H23ClN2O3. The van der Waals surface area contributed by atoms with Gasteiger partial charge in [-0.05, 0) is 61.8 Å². The molecule has 1 saturated heterocycles. The van der Waals surface area contributed by atoms with Crippen LogP contribution in [-0.4, -0.2) is 42.1 Å². The van der Waals surface area contributed by atoms with Crippen LogP contribution in [0.1, 0.15) is 42.7 Å². The summed E-state index contributed by atoms with van der Waals surface area (Å²) >= 11 is 6.14. The van der Waals surface area contributed by atoms with Gasteiger partial charge in [-0.3, -0.25) is 4.79 Å². The minimum atomic E-state index is -0.280. The fraction of sp³-hybridized carbons (Fsp3) is 0.579. The molecule has 1 aromatic carbocycles. The molecule has 1 aromatic rings. The Balaban J connectivity index is 1.26. The van der Waals surface area contributed by atoms with Gasteiger partial charge in [-0.2, -0.15) is 0 Å². The Kier molecular flexibility index (Phi) is 3.95. The monoisotopic (exact) mass is 362 g/mol. The van der Waals surface area contributed by atoms with Crippen LogP contribution in [0.4, 0.5) is 4.79 Å². The molecular weight excluding hydrogens is 340 g/mol. The standard InChI is InChI=1S/C19H23ClN2O3/c1-11-3-12(5-15(20)4-11)13-6-16(7-13)21-17(23)14-8-19(9-14)10-25-18(24)22(19)2/h3-5,13-14,16H,6-10H2,1-2H3,(H,21,23). The number of likely N-dealkylation sites (N-methyl/N-ethyl adjacent to an activating group) is 1. The van der Waals surface area contributed by atoms with Gasteiger partial charge in [0.15, 0.2) is 0 Å². The summed E-state index contributed by atoms with van der Waals surface area (Å²) in [6.45, 7) is 2.46. The van der Waals surface area contributed by atoms with E-state index in [0.717, 1.165) is 17.9 Å². The number of nitrogens with zero attached hydrogens (tertiary/aromatic N) is 1. The summed E-state index contributed by atoms with van der Waals surface area (Å²) in [4.78, 5) is 25.6. The molecule has 1 spiro atoms. The third-order valence-corrected chi connectivity index (χ3v) is 6.31. The summed E-state index contributed by atoms with van der Waals surface area (Å²) in [5.41, 5.74) is 2.19. The van der Waals surface area contributed by atoms with Crippen molar-refractivity contribution in [1.29, 1.82) is 0 Å². The van der Waals surface area contributed by atoms with Gasteiger partial charge < -0.3 is 15.0 Å². The number of hydrogen-bond acceptors (Lipinski definition) is 3. The average molecular weight is 363 g/mol. The molecule has 0 radical (unpaired) electrons. The van der Waals surface area contributed by atoms with Crippen LogP contribution in [0, 0.1) is 12.8 Å². The van der Waals surface area contributed by atoms with Crippen molar-refractivity contribution in [3.63, 3.8) is 0 Å². The molecule has 0 unspecified atom stereocenters. The number of amides is 2. The van der Waals surface area contributed by atoms with E-state index in [4.69, 9.17) is 16.3 Å². The Morgan fingerprint density at radius 2 is 2.04 bits per heavy atom. The number of aryl methyl sites for hydroxylation is 1. The molecule has 2 amide bonds. The van der Waals surface area contributed by atoms with Crippen molar-refractivity contribution in [2.75, 3.05) is 13.7 Å². The molecule has 1 heterocycles. The first-order chi connectivity index (χ1) is 11.9. The number of carbonyl (C=O) groups excluding carboxylic acids is 2. The molecule has 3 aliphatic rings. The number of carbonyl (C=O) groups is 2. The molecule has 0 atom stereocenters. The maximum absolute atomic E-state index is 12.4. The third kappa shape index (κ3) is 2.88. The van der Waals surface area contributed by atoms with E-state index in [2.05, 4.69) is 11.4 Å². The molecule has 1 aliphatic heterocycles. The van der Waals surface area contributed by atoms with Crippen LogP contribution >= 0.6 is 11.6 Å². The lowest BCUT2D eigenvalue weighted by Gasteiger charge is -2.47. The van der Waals surface area contributed by atoms with E-state index < -0.39 is 0 Å². The van der Waals surface area contributed by atoms with Gasteiger partial charge in [-0.15, -0.1) is 0 Å². The second-order valence-corrected chi connectivity index (χ2v) is 8.32. The van der Waals surface area contributed by atoms with Gasteiger partial charge in [0.2, 0.25) is 5.91 Å². The van der Waals surface area contributed by atoms with Crippen molar-refractivity contribution in [2.45, 2.75) is 50.1 Å². The molecule has 0 bridgehead atoms. The molecule has 2 saturated carbocycles. The van der Waals surface area contributed by atoms with Crippen LogP contribution in [0.25, 0.3) is 0 Å². The van der Waals surface area contributed by atoms with Crippen LogP contribution in [0.2, 0.25) is 5.02 Å². The highest BCUT2D eigenvalue weighted by molar-refractivity contribution is 6.30. The molecule has 5 nitrogen and oxygen atoms in total. The van der Waals surface area contributed by atoms with Crippen molar-refractivity contribution < 1.29 is 14.3 Å². The Bertz CT molecular complexity index is 703. The second kappa shape index (κ2) is 5.90. The second-order valence-electron chi connectivity index (χ2n) is 7.88. The van der Waals surface area contributed by atoms with Crippen LogP contribution < -0.4 is 5.32 Å². The highest BCUT2D eigenvalue weighted by Crippen LogP contribution is 2.46. The number of rotatable bonds is 3. The molecule has 25 heavy (non-hydrogen) atoms. The Morgan fingerprint density at radius 1 is 1.32 bits per heavy atom. The smallest absolute Gasteiger partial charge is 0.410 e. The SMILES string of the molecule is Cc1cc(Cl)cc(C2CC(NC(=O)C3CC4(COC(=O)N4C)C3)C2)c1. The average Bonchev–Trinajstić information content (AvgIpc) is 2.76. The van der Waals surface area contributed by atoms with Crippen LogP contribution in [0.5, 0.6) is 0 Å². The first-order valence-corrected chi connectivity index (χ1v) is 9.22. The topological polar surface area (TPSA) is 58.6 Å². The van der Waals surface area contributed by atoms with Gasteiger partial charge in [0.1, 0.15) is 6.61 Å². The summed E-state index contributed by atoms with van der Waals surface area (Å²) < 4.78 is 5.09. The maximum atomic E-state index is 12.4. The zero-order valence-corrected chi connectivity index (χ0v) is 15.3. The Hall–Kier alpha value is -1.75. The van der Waals surface area contributed by atoms with Crippen molar-refractivity contribution in [3.05, 3.63) is 34.3 Å². The molecule has 0 aromatic heterocycles. The van der Waals surface area contributed by atoms with Crippen molar-refractivity contribution in [1.82, 2.24) is 10.2 Å². The summed E-state index contributed by atoms with van der Waals surface area (Å²) in [5.74, 6) is 0.580. The van der Waals surface area contributed by atoms with E-state index in [-0.39, 0.29) is 29.5 Å². The third-order valence-electron chi connectivity index (χ3n) is 6.09. The number of ether oxygens (including phenoxy) is 1. The highest BCUT2D eigenvalue weighted by Gasteiger charge is 2.56. The van der Waals surface area contributed by atoms with Crippen molar-refractivity contribution in [2.24, 2.45) is 5.92 Å². The zero-order valence-electron chi connectivity index (χ0n) is 14.5. The summed E-state index contributed by atoms with van der Waals surface area (Å²) in [7, 11) is 1.76. The summed E-state index contributed by atoms with van der Waals surface area (Å²) in [6.07, 6.45) is 3.04. The lowest BCUT2D eigenvalue weighted by Crippen LogP contribution is -2.59. The first-order valence-electron chi connectivity index (χ1n) is 8.84. The minimum absolute atomic E-state index is 0.00980. The normalized spacial score (nSPS) is 33.6. The molecule has 4 rings (SSSR count). The van der Waals surface area contributed by atoms with Crippen molar-refractivity contribution >= 4 is 23.6 Å². The van der Waals surface area contributed by atoms with Crippen LogP contribution in [-0.2, 0) is 9.53 Å². The van der Waals surface area contributed by atoms with E-state index in [1.807, 2.05) is 19.1 Å². The minimum Gasteiger partial charge on any atom is -0.447 e. The quantitative estimate of drug-likeness (QED) is 0.898. The van der Waals surface area contributed by atoms with E-state index >= 15 is 0 Å². The fourth-order valence-corrected chi connectivity index (χ4v) is 4.64. The number of halogens is 1. The summed E-state index contributed by atoms with van der Waals surface area (Å²) in [6, 6.07) is 6.41. The number of benzene rings is 1. The number of nitrogens with one attached hydrogen (secondary N) is 1. The predicted molar refractivity (Wildman–Crippen MR) is 94.7 cm³/mol. The van der Waals surface area contributed by atoms with Gasteiger partial charge in [0.05, 0.1) is 5.54 Å². The van der Waals surface area contributed by atoms with Gasteiger partial charge in [-0.25, -0.2) is 4.79 Å². The Labute approximate surface area is 152 Å². The largest absolute Gasteiger partial charge is 0.447 e. The van der Waals surface area contributed by atoms with E-state index in [0.29, 0.717) is 25.4 Å². The highest BCUT2D eigenvalue weighted by atomic mass is 35.5. The zero-order chi connectivity index (χ0) is 17.8. The molecule has 3 fully saturated rings. The van der Waals surface area contributed by atoms with Gasteiger partial charge in [0.25, 0.3) is 0 Å². The van der Waals surface area contributed by atoms with Gasteiger partial charge >= 0.3 is 6.09 Å². The van der Waals surface area contributed by atoms with Crippen LogP contribution in [0.3, 0.4) is 0 Å². The van der Waals surface area contributed by atoms with E-state index in [9.17, 15) is 9.59 Å². The molecule has 2 aliphatic carbocycles. The number of hydrogen-bond donors (Lipinski definition) is 1. The lowest BCUT2D eigenvalue weighted by atomic mass is 9.67. The predicted octanol–water partition coefficient (Wildman–Crippen LogP) is 3.24. The van der Waals surface area contributed by atoms with Gasteiger partial charge in [-0.1, -0.05) is 17.7 Å². The molecule has 6 heteroatoms. The maximum Gasteiger partial charge on any atom is 0.410 e. The van der Waals surface area contributed by atoms with Crippen LogP contribution in [0.15, 0.2) is 18.2 Å². The van der Waals surface area contributed by atoms with E-state index in [1.54, 1.807) is 11.9 Å². The molecule has 1 N–H and O–H groups in total. The molecule has 134 valence electrons. The van der Waals surface area contributed by atoms with Gasteiger partial charge in [0, 0.05) is 24.0 Å². The number of cyclic esters (lactones) is 1. The summed E-state index contributed by atoms with van der Waals surface area (Å²) in [5, 5.41) is 3.94. The lowest BCUT2D eigenvalue weighted by molar-refractivity contribution is -0.133. The Morgan fingerprint density at radius 3 is 2.64 bits per heavy atom. The van der Waals surface area contributed by atoms with Crippen molar-refractivity contribution in [3.8, 4) is 0 Å². The van der Waals surface area contributed by atoms with E-state index in [1.165, 1.54) is 11.1 Å². The fourth-order valence-electron chi connectivity index (χ4n) is 4.35. The first kappa shape index (κ1) is 16.7.